The van der Waals surface area contributed by atoms with E-state index in [1.165, 1.54) is 4.90 Å². The number of nitrogens with two attached hydrogens (primary N) is 1. The number of fused-ring (bicyclic) bond motifs is 3. The van der Waals surface area contributed by atoms with E-state index in [2.05, 4.69) is 58.4 Å². The van der Waals surface area contributed by atoms with Crippen LogP contribution in [0.5, 0.6) is 0 Å². The molecule has 0 radical (unpaired) electrons. The third kappa shape index (κ3) is 10.5. The van der Waals surface area contributed by atoms with Crippen molar-refractivity contribution in [2.24, 2.45) is 16.1 Å². The molecule has 306 valence electrons. The SMILES string of the molecule is Cc1sc2c(c1C)C(c1ccc(Cl)cc1)=N[C@@H](CC(=O)NCC#CC#CCOCC(=O)NC(C(=O)N1C[C@H](OCC(=O)O)C[C@H]1C(N)=O)C(C)(C)C)c1nnc(C)n1-2. The minimum atomic E-state index is -1.19. The number of ether oxygens (including phenoxy) is 2. The summed E-state index contributed by atoms with van der Waals surface area (Å²) in [6, 6.07) is 4.74. The van der Waals surface area contributed by atoms with Gasteiger partial charge in [0.2, 0.25) is 23.6 Å². The fourth-order valence-electron chi connectivity index (χ4n) is 6.52. The lowest BCUT2D eigenvalue weighted by Crippen LogP contribution is -2.57. The third-order valence-electron chi connectivity index (χ3n) is 9.49. The summed E-state index contributed by atoms with van der Waals surface area (Å²) in [4.78, 5) is 70.1. The Hall–Kier alpha value is -5.59. The second-order valence-corrected chi connectivity index (χ2v) is 16.5. The molecule has 0 saturated carbocycles. The number of primary amides is 1. The van der Waals surface area contributed by atoms with Gasteiger partial charge in [-0.1, -0.05) is 56.3 Å². The van der Waals surface area contributed by atoms with E-state index >= 15 is 0 Å². The molecule has 2 aliphatic rings. The molecule has 1 unspecified atom stereocenters. The zero-order valence-corrected chi connectivity index (χ0v) is 34.5. The van der Waals surface area contributed by atoms with E-state index in [1.807, 2.05) is 35.8 Å². The minimum absolute atomic E-state index is 0.00138. The topological polar surface area (TPSA) is 220 Å². The Morgan fingerprint density at radius 2 is 1.76 bits per heavy atom. The van der Waals surface area contributed by atoms with Gasteiger partial charge in [0.15, 0.2) is 5.82 Å². The Balaban J connectivity index is 1.13. The van der Waals surface area contributed by atoms with Crippen LogP contribution in [0.4, 0.5) is 0 Å². The Morgan fingerprint density at radius 3 is 2.43 bits per heavy atom. The van der Waals surface area contributed by atoms with Crippen LogP contribution >= 0.6 is 22.9 Å². The van der Waals surface area contributed by atoms with Gasteiger partial charge < -0.3 is 35.8 Å². The monoisotopic (exact) mass is 832 g/mol. The number of nitrogens with one attached hydrogen (secondary N) is 2. The van der Waals surface area contributed by atoms with Crippen LogP contribution in [0.2, 0.25) is 5.02 Å². The van der Waals surface area contributed by atoms with E-state index in [0.717, 1.165) is 32.3 Å². The van der Waals surface area contributed by atoms with Gasteiger partial charge in [-0.2, -0.15) is 0 Å². The molecule has 1 aromatic carbocycles. The quantitative estimate of drug-likeness (QED) is 0.146. The summed E-state index contributed by atoms with van der Waals surface area (Å²) in [5.74, 6) is 8.58. The van der Waals surface area contributed by atoms with Gasteiger partial charge in [-0.25, -0.2) is 4.79 Å². The summed E-state index contributed by atoms with van der Waals surface area (Å²) >= 11 is 7.82. The van der Waals surface area contributed by atoms with Crippen LogP contribution in [-0.4, -0.2) is 111 Å². The van der Waals surface area contributed by atoms with Crippen molar-refractivity contribution in [3.05, 3.63) is 62.5 Å². The number of nitrogens with zero attached hydrogens (tertiary/aromatic N) is 5. The van der Waals surface area contributed by atoms with Crippen molar-refractivity contribution in [1.29, 1.82) is 0 Å². The van der Waals surface area contributed by atoms with Crippen molar-refractivity contribution < 1.29 is 38.6 Å². The molecule has 5 N–H and O–H groups in total. The first kappa shape index (κ1) is 43.5. The number of carbonyl (C=O) groups is 5. The molecule has 18 heteroatoms. The maximum Gasteiger partial charge on any atom is 0.329 e. The highest BCUT2D eigenvalue weighted by Gasteiger charge is 2.45. The number of hydrogen-bond donors (Lipinski definition) is 4. The minimum Gasteiger partial charge on any atom is -0.480 e. The number of carbonyl (C=O) groups excluding carboxylic acids is 4. The molecular formula is C40H45ClN8O8S. The number of aliphatic carboxylic acids is 1. The summed E-state index contributed by atoms with van der Waals surface area (Å²) < 4.78 is 12.6. The predicted octanol–water partition coefficient (Wildman–Crippen LogP) is 2.42. The van der Waals surface area contributed by atoms with Gasteiger partial charge >= 0.3 is 5.97 Å². The molecule has 0 spiro atoms. The predicted molar refractivity (Wildman–Crippen MR) is 215 cm³/mol. The second kappa shape index (κ2) is 18.8. The van der Waals surface area contributed by atoms with Gasteiger partial charge in [0, 0.05) is 34.0 Å². The molecule has 4 heterocycles. The average molecular weight is 833 g/mol. The summed E-state index contributed by atoms with van der Waals surface area (Å²) in [5, 5.41) is 24.7. The molecule has 1 saturated heterocycles. The first-order valence-corrected chi connectivity index (χ1v) is 19.5. The van der Waals surface area contributed by atoms with Crippen LogP contribution in [0.1, 0.15) is 72.9 Å². The molecule has 16 nitrogen and oxygen atoms in total. The van der Waals surface area contributed by atoms with Crippen molar-refractivity contribution in [3.8, 4) is 28.7 Å². The molecule has 0 aliphatic carbocycles. The second-order valence-electron chi connectivity index (χ2n) is 14.8. The first-order chi connectivity index (χ1) is 27.5. The lowest BCUT2D eigenvalue weighted by Gasteiger charge is -2.35. The summed E-state index contributed by atoms with van der Waals surface area (Å²) in [6.07, 6.45) is -0.665. The van der Waals surface area contributed by atoms with Crippen LogP contribution < -0.4 is 16.4 Å². The standard InChI is InChI=1S/C40H45ClN8O8S/c1-22-23(2)58-39-33(22)34(25-11-13-26(41)14-12-25)44-28(37-47-46-24(3)49(37)39)18-30(50)43-15-9-7-8-10-16-56-20-31(51)45-35(40(4,5)6)38(55)48-19-27(57-21-32(52)53)17-29(48)36(42)54/h11-14,27-29,35H,15-21H2,1-6H3,(H2,42,54)(H,43,50)(H,45,51)(H,52,53)/t27-,28+,29+,35?/m1/s1. The molecule has 2 aromatic heterocycles. The fraction of sp³-hybridized carbons (Fsp3) is 0.450. The number of halogens is 1. The number of likely N-dealkylation sites (tertiary alicyclic amines) is 1. The number of thiophene rings is 1. The van der Waals surface area contributed by atoms with E-state index < -0.39 is 66.5 Å². The average Bonchev–Trinajstić information content (AvgIpc) is 3.82. The van der Waals surface area contributed by atoms with Crippen molar-refractivity contribution in [3.63, 3.8) is 0 Å². The lowest BCUT2D eigenvalue weighted by molar-refractivity contribution is -0.145. The fourth-order valence-corrected chi connectivity index (χ4v) is 7.86. The zero-order chi connectivity index (χ0) is 42.3. The number of rotatable bonds is 13. The van der Waals surface area contributed by atoms with Crippen molar-refractivity contribution >= 4 is 58.2 Å². The smallest absolute Gasteiger partial charge is 0.329 e. The molecule has 4 amide bonds. The van der Waals surface area contributed by atoms with Crippen LogP contribution in [-0.2, 0) is 33.4 Å². The molecular weight excluding hydrogens is 788 g/mol. The Kier molecular flexibility index (Phi) is 14.1. The molecule has 1 fully saturated rings. The molecule has 0 bridgehead atoms. The van der Waals surface area contributed by atoms with Crippen LogP contribution in [0.25, 0.3) is 5.00 Å². The molecule has 5 rings (SSSR count). The Morgan fingerprint density at radius 1 is 1.05 bits per heavy atom. The first-order valence-electron chi connectivity index (χ1n) is 18.3. The normalized spacial score (nSPS) is 17.6. The molecule has 3 aromatic rings. The van der Waals surface area contributed by atoms with E-state index in [-0.39, 0.29) is 38.4 Å². The highest BCUT2D eigenvalue weighted by atomic mass is 35.5. The number of benzene rings is 1. The number of carboxylic acids is 1. The molecule has 2 aliphatic heterocycles. The number of hydrogen-bond acceptors (Lipinski definition) is 11. The third-order valence-corrected chi connectivity index (χ3v) is 10.9. The van der Waals surface area contributed by atoms with Gasteiger partial charge in [0.25, 0.3) is 0 Å². The van der Waals surface area contributed by atoms with Crippen LogP contribution in [0.3, 0.4) is 0 Å². The van der Waals surface area contributed by atoms with Gasteiger partial charge in [-0.3, -0.25) is 28.7 Å². The van der Waals surface area contributed by atoms with Crippen LogP contribution in [0.15, 0.2) is 29.3 Å². The summed E-state index contributed by atoms with van der Waals surface area (Å²) in [6.45, 7) is 10.1. The van der Waals surface area contributed by atoms with E-state index in [1.54, 1.807) is 32.1 Å². The Bertz CT molecular complexity index is 2240. The molecule has 4 atom stereocenters. The zero-order valence-electron chi connectivity index (χ0n) is 33.0. The lowest BCUT2D eigenvalue weighted by atomic mass is 9.85. The van der Waals surface area contributed by atoms with Gasteiger partial charge in [-0.05, 0) is 55.7 Å². The highest BCUT2D eigenvalue weighted by molar-refractivity contribution is 7.15. The van der Waals surface area contributed by atoms with Crippen molar-refractivity contribution in [2.75, 3.05) is 32.9 Å². The van der Waals surface area contributed by atoms with E-state index in [0.29, 0.717) is 16.7 Å². The highest BCUT2D eigenvalue weighted by Crippen LogP contribution is 2.39. The number of aliphatic imine (C=N–C) groups is 1. The van der Waals surface area contributed by atoms with Gasteiger partial charge in [0.05, 0.1) is 24.8 Å². The maximum atomic E-state index is 13.6. The number of aryl methyl sites for hydroxylation is 2. The van der Waals surface area contributed by atoms with Crippen molar-refractivity contribution in [1.82, 2.24) is 30.3 Å². The number of carboxylic acid groups (broad SMARTS) is 1. The Labute approximate surface area is 344 Å². The number of amides is 4. The van der Waals surface area contributed by atoms with E-state index in [4.69, 9.17) is 36.9 Å². The van der Waals surface area contributed by atoms with Crippen LogP contribution in [0, 0.1) is 49.9 Å². The van der Waals surface area contributed by atoms with E-state index in [9.17, 15) is 24.0 Å². The number of aromatic nitrogens is 3. The maximum absolute atomic E-state index is 13.6. The largest absolute Gasteiger partial charge is 0.480 e. The molecule has 58 heavy (non-hydrogen) atoms. The van der Waals surface area contributed by atoms with Gasteiger partial charge in [0.1, 0.15) is 48.8 Å². The summed E-state index contributed by atoms with van der Waals surface area (Å²) in [5.41, 5.74) is 8.43. The van der Waals surface area contributed by atoms with Gasteiger partial charge in [-0.15, -0.1) is 21.5 Å². The van der Waals surface area contributed by atoms with Crippen molar-refractivity contribution in [2.45, 2.75) is 78.6 Å². The summed E-state index contributed by atoms with van der Waals surface area (Å²) in [7, 11) is 0.